The molecule has 3 nitrogen and oxygen atoms in total. The number of methoxy groups -OCH3 is 1. The first-order valence-corrected chi connectivity index (χ1v) is 4.39. The minimum absolute atomic E-state index is 0.343. The van der Waals surface area contributed by atoms with Crippen LogP contribution in [0.4, 0.5) is 10.1 Å². The van der Waals surface area contributed by atoms with E-state index in [0.29, 0.717) is 18.0 Å². The number of aliphatic hydroxyl groups is 1. The van der Waals surface area contributed by atoms with E-state index in [-0.39, 0.29) is 5.82 Å². The van der Waals surface area contributed by atoms with Crippen molar-refractivity contribution >= 4 is 5.69 Å². The molecule has 0 aromatic heterocycles. The number of hydrogen-bond acceptors (Lipinski definition) is 3. The molecule has 0 amide bonds. The molecule has 0 aliphatic heterocycles. The summed E-state index contributed by atoms with van der Waals surface area (Å²) < 4.78 is 17.8. The number of rotatable bonds is 4. The Bertz CT molecular complexity index is 302. The molecule has 0 fully saturated rings. The number of nitrogens with one attached hydrogen (secondary N) is 1. The molecular weight excluding hydrogens is 185 g/mol. The van der Waals surface area contributed by atoms with Crippen LogP contribution in [-0.2, 0) is 0 Å². The van der Waals surface area contributed by atoms with Crippen molar-refractivity contribution in [2.75, 3.05) is 19.0 Å². The average molecular weight is 199 g/mol. The molecule has 0 spiro atoms. The minimum atomic E-state index is -0.454. The Morgan fingerprint density at radius 3 is 2.86 bits per heavy atom. The molecule has 0 unspecified atom stereocenters. The smallest absolute Gasteiger partial charge is 0.144 e. The second-order valence-corrected chi connectivity index (χ2v) is 3.07. The normalized spacial score (nSPS) is 12.3. The summed E-state index contributed by atoms with van der Waals surface area (Å²) in [6.45, 7) is 2.07. The van der Waals surface area contributed by atoms with Crippen LogP contribution in [0.1, 0.15) is 6.92 Å². The van der Waals surface area contributed by atoms with Crippen molar-refractivity contribution < 1.29 is 14.2 Å². The molecule has 0 heterocycles. The summed E-state index contributed by atoms with van der Waals surface area (Å²) >= 11 is 0. The summed E-state index contributed by atoms with van der Waals surface area (Å²) in [5.41, 5.74) is 0.676. The van der Waals surface area contributed by atoms with Gasteiger partial charge >= 0.3 is 0 Å². The first-order valence-electron chi connectivity index (χ1n) is 4.39. The van der Waals surface area contributed by atoms with E-state index in [2.05, 4.69) is 5.32 Å². The molecule has 1 aromatic carbocycles. The molecule has 0 saturated heterocycles. The summed E-state index contributed by atoms with van der Waals surface area (Å²) in [7, 11) is 1.47. The Balaban J connectivity index is 2.75. The van der Waals surface area contributed by atoms with Crippen LogP contribution in [0.2, 0.25) is 0 Å². The molecule has 0 radical (unpaired) electrons. The number of aliphatic hydroxyl groups excluding tert-OH is 1. The van der Waals surface area contributed by atoms with Gasteiger partial charge in [-0.15, -0.1) is 0 Å². The Labute approximate surface area is 82.5 Å². The predicted molar refractivity (Wildman–Crippen MR) is 53.1 cm³/mol. The Kier molecular flexibility index (Phi) is 3.71. The maximum absolute atomic E-state index is 12.8. The molecule has 0 aliphatic carbocycles. The first kappa shape index (κ1) is 10.8. The summed E-state index contributed by atoms with van der Waals surface area (Å²) in [4.78, 5) is 0. The minimum Gasteiger partial charge on any atom is -0.494 e. The first-order chi connectivity index (χ1) is 6.63. The van der Waals surface area contributed by atoms with Crippen LogP contribution in [0.15, 0.2) is 18.2 Å². The maximum Gasteiger partial charge on any atom is 0.144 e. The van der Waals surface area contributed by atoms with Crippen LogP contribution in [0, 0.1) is 5.82 Å². The van der Waals surface area contributed by atoms with E-state index in [1.807, 2.05) is 0 Å². The van der Waals surface area contributed by atoms with Gasteiger partial charge < -0.3 is 15.2 Å². The topological polar surface area (TPSA) is 41.5 Å². The van der Waals surface area contributed by atoms with Crippen LogP contribution in [0.3, 0.4) is 0 Å². The fraction of sp³-hybridized carbons (Fsp3) is 0.400. The average Bonchev–Trinajstić information content (AvgIpc) is 2.15. The lowest BCUT2D eigenvalue weighted by molar-refractivity contribution is 0.208. The van der Waals surface area contributed by atoms with E-state index >= 15 is 0 Å². The second kappa shape index (κ2) is 4.81. The van der Waals surface area contributed by atoms with Gasteiger partial charge in [0, 0.05) is 12.6 Å². The van der Waals surface area contributed by atoms with Gasteiger partial charge in [0.05, 0.1) is 18.9 Å². The molecule has 0 bridgehead atoms. The van der Waals surface area contributed by atoms with Gasteiger partial charge in [0.1, 0.15) is 11.6 Å². The second-order valence-electron chi connectivity index (χ2n) is 3.07. The lowest BCUT2D eigenvalue weighted by atomic mass is 10.2. The van der Waals surface area contributed by atoms with Crippen molar-refractivity contribution in [2.24, 2.45) is 0 Å². The lowest BCUT2D eigenvalue weighted by Crippen LogP contribution is -2.15. The van der Waals surface area contributed by atoms with Gasteiger partial charge in [-0.1, -0.05) is 0 Å². The number of hydrogen-bond donors (Lipinski definition) is 2. The van der Waals surface area contributed by atoms with E-state index in [0.717, 1.165) is 0 Å². The van der Waals surface area contributed by atoms with E-state index in [1.54, 1.807) is 13.0 Å². The third kappa shape index (κ3) is 2.88. The summed E-state index contributed by atoms with van der Waals surface area (Å²) in [6.07, 6.45) is -0.454. The SMILES string of the molecule is COc1cc(F)ccc1NC[C@@H](C)O. The molecule has 0 saturated carbocycles. The zero-order chi connectivity index (χ0) is 10.6. The highest BCUT2D eigenvalue weighted by Gasteiger charge is 2.04. The molecule has 78 valence electrons. The number of halogens is 1. The molecule has 14 heavy (non-hydrogen) atoms. The summed E-state index contributed by atoms with van der Waals surface area (Å²) in [5.74, 6) is 0.0927. The van der Waals surface area contributed by atoms with Gasteiger partial charge in [-0.25, -0.2) is 4.39 Å². The van der Waals surface area contributed by atoms with Crippen molar-refractivity contribution in [3.63, 3.8) is 0 Å². The predicted octanol–water partition coefficient (Wildman–Crippen LogP) is 1.63. The molecular formula is C10H14FNO2. The van der Waals surface area contributed by atoms with E-state index in [9.17, 15) is 4.39 Å². The van der Waals surface area contributed by atoms with Gasteiger partial charge in [0.2, 0.25) is 0 Å². The lowest BCUT2D eigenvalue weighted by Gasteiger charge is -2.12. The van der Waals surface area contributed by atoms with E-state index in [4.69, 9.17) is 9.84 Å². The van der Waals surface area contributed by atoms with Crippen molar-refractivity contribution in [1.29, 1.82) is 0 Å². The monoisotopic (exact) mass is 199 g/mol. The highest BCUT2D eigenvalue weighted by atomic mass is 19.1. The van der Waals surface area contributed by atoms with Gasteiger partial charge in [-0.2, -0.15) is 0 Å². The molecule has 1 aromatic rings. The summed E-state index contributed by atoms with van der Waals surface area (Å²) in [6, 6.07) is 4.22. The number of anilines is 1. The fourth-order valence-electron chi connectivity index (χ4n) is 1.07. The van der Waals surface area contributed by atoms with Gasteiger partial charge in [-0.05, 0) is 19.1 Å². The third-order valence-electron chi connectivity index (χ3n) is 1.75. The molecule has 2 N–H and O–H groups in total. The van der Waals surface area contributed by atoms with Gasteiger partial charge in [0.25, 0.3) is 0 Å². The van der Waals surface area contributed by atoms with Crippen molar-refractivity contribution in [3.8, 4) is 5.75 Å². The fourth-order valence-corrected chi connectivity index (χ4v) is 1.07. The highest BCUT2D eigenvalue weighted by molar-refractivity contribution is 5.56. The van der Waals surface area contributed by atoms with E-state index < -0.39 is 6.10 Å². The Morgan fingerprint density at radius 1 is 1.57 bits per heavy atom. The van der Waals surface area contributed by atoms with Gasteiger partial charge in [-0.3, -0.25) is 0 Å². The third-order valence-corrected chi connectivity index (χ3v) is 1.75. The van der Waals surface area contributed by atoms with Crippen molar-refractivity contribution in [2.45, 2.75) is 13.0 Å². The zero-order valence-electron chi connectivity index (χ0n) is 8.25. The van der Waals surface area contributed by atoms with Crippen LogP contribution in [0.5, 0.6) is 5.75 Å². The highest BCUT2D eigenvalue weighted by Crippen LogP contribution is 2.24. The number of benzene rings is 1. The van der Waals surface area contributed by atoms with E-state index in [1.165, 1.54) is 19.2 Å². The molecule has 1 rings (SSSR count). The Hall–Kier alpha value is -1.29. The summed E-state index contributed by atoms with van der Waals surface area (Å²) in [5, 5.41) is 12.0. The van der Waals surface area contributed by atoms with Crippen LogP contribution in [-0.4, -0.2) is 24.9 Å². The van der Waals surface area contributed by atoms with Crippen LogP contribution >= 0.6 is 0 Å². The standard InChI is InChI=1S/C10H14FNO2/c1-7(13)6-12-9-4-3-8(11)5-10(9)14-2/h3-5,7,12-13H,6H2,1-2H3/t7-/m1/s1. The van der Waals surface area contributed by atoms with Crippen molar-refractivity contribution in [1.82, 2.24) is 0 Å². The number of ether oxygens (including phenoxy) is 1. The zero-order valence-corrected chi connectivity index (χ0v) is 8.25. The molecule has 0 aliphatic rings. The quantitative estimate of drug-likeness (QED) is 0.774. The van der Waals surface area contributed by atoms with Crippen LogP contribution in [0.25, 0.3) is 0 Å². The van der Waals surface area contributed by atoms with Crippen molar-refractivity contribution in [3.05, 3.63) is 24.0 Å². The molecule has 1 atom stereocenters. The Morgan fingerprint density at radius 2 is 2.29 bits per heavy atom. The molecule has 4 heteroatoms. The van der Waals surface area contributed by atoms with Gasteiger partial charge in [0.15, 0.2) is 0 Å². The van der Waals surface area contributed by atoms with Crippen LogP contribution < -0.4 is 10.1 Å². The largest absolute Gasteiger partial charge is 0.494 e. The maximum atomic E-state index is 12.8.